The summed E-state index contributed by atoms with van der Waals surface area (Å²) in [6.45, 7) is 2.02. The van der Waals surface area contributed by atoms with Gasteiger partial charge in [0.1, 0.15) is 6.54 Å². The summed E-state index contributed by atoms with van der Waals surface area (Å²) < 4.78 is 28.2. The molecule has 1 aliphatic rings. The number of rotatable bonds is 6. The number of nitrogens with zero attached hydrogens (tertiary/aromatic N) is 2. The molecule has 1 saturated heterocycles. The van der Waals surface area contributed by atoms with Crippen molar-refractivity contribution in [2.24, 2.45) is 0 Å². The SMILES string of the molecule is CCOC(=O)N(CC(=O)N(C)C1CCS(=O)(=O)C1)Cc1ccccc1. The van der Waals surface area contributed by atoms with E-state index in [0.717, 1.165) is 5.56 Å². The smallest absolute Gasteiger partial charge is 0.410 e. The van der Waals surface area contributed by atoms with E-state index >= 15 is 0 Å². The van der Waals surface area contributed by atoms with E-state index in [9.17, 15) is 18.0 Å². The highest BCUT2D eigenvalue weighted by Crippen LogP contribution is 2.17. The van der Waals surface area contributed by atoms with E-state index in [0.29, 0.717) is 6.42 Å². The van der Waals surface area contributed by atoms with Gasteiger partial charge in [-0.05, 0) is 18.9 Å². The van der Waals surface area contributed by atoms with Gasteiger partial charge in [-0.25, -0.2) is 13.2 Å². The predicted octanol–water partition coefficient (Wildman–Crippen LogP) is 1.29. The number of benzene rings is 1. The molecular weight excluding hydrogens is 344 g/mol. The van der Waals surface area contributed by atoms with Gasteiger partial charge in [0.25, 0.3) is 0 Å². The molecule has 138 valence electrons. The van der Waals surface area contributed by atoms with E-state index in [1.807, 2.05) is 30.3 Å². The van der Waals surface area contributed by atoms with Crippen LogP contribution in [0, 0.1) is 0 Å². The fraction of sp³-hybridized carbons (Fsp3) is 0.529. The molecule has 1 unspecified atom stereocenters. The monoisotopic (exact) mass is 368 g/mol. The van der Waals surface area contributed by atoms with Crippen molar-refractivity contribution in [3.8, 4) is 0 Å². The number of hydrogen-bond acceptors (Lipinski definition) is 5. The predicted molar refractivity (Wildman–Crippen MR) is 93.7 cm³/mol. The summed E-state index contributed by atoms with van der Waals surface area (Å²) in [5, 5.41) is 0. The van der Waals surface area contributed by atoms with Crippen LogP contribution in [0.1, 0.15) is 18.9 Å². The van der Waals surface area contributed by atoms with Crippen LogP contribution in [0.15, 0.2) is 30.3 Å². The third kappa shape index (κ3) is 5.45. The van der Waals surface area contributed by atoms with Gasteiger partial charge in [-0.2, -0.15) is 0 Å². The van der Waals surface area contributed by atoms with Crippen molar-refractivity contribution in [3.05, 3.63) is 35.9 Å². The number of ether oxygens (including phenoxy) is 1. The first-order valence-electron chi connectivity index (χ1n) is 8.24. The summed E-state index contributed by atoms with van der Waals surface area (Å²) in [4.78, 5) is 27.5. The highest BCUT2D eigenvalue weighted by atomic mass is 32.2. The van der Waals surface area contributed by atoms with Crippen LogP contribution < -0.4 is 0 Å². The van der Waals surface area contributed by atoms with Crippen LogP contribution in [-0.2, 0) is 25.9 Å². The average Bonchev–Trinajstić information content (AvgIpc) is 2.94. The van der Waals surface area contributed by atoms with Crippen molar-refractivity contribution in [3.63, 3.8) is 0 Å². The van der Waals surface area contributed by atoms with Crippen LogP contribution in [0.3, 0.4) is 0 Å². The largest absolute Gasteiger partial charge is 0.450 e. The van der Waals surface area contributed by atoms with E-state index in [2.05, 4.69) is 0 Å². The molecule has 2 rings (SSSR count). The molecule has 0 radical (unpaired) electrons. The Morgan fingerprint density at radius 1 is 1.24 bits per heavy atom. The van der Waals surface area contributed by atoms with Crippen LogP contribution >= 0.6 is 0 Å². The van der Waals surface area contributed by atoms with Gasteiger partial charge in [0.15, 0.2) is 9.84 Å². The van der Waals surface area contributed by atoms with Gasteiger partial charge in [0, 0.05) is 19.6 Å². The normalized spacial score (nSPS) is 18.6. The first-order chi connectivity index (χ1) is 11.8. The zero-order valence-electron chi connectivity index (χ0n) is 14.6. The summed E-state index contributed by atoms with van der Waals surface area (Å²) in [6, 6.07) is 8.98. The van der Waals surface area contributed by atoms with Crippen molar-refractivity contribution in [2.75, 3.05) is 31.7 Å². The third-order valence-electron chi connectivity index (χ3n) is 4.22. The fourth-order valence-electron chi connectivity index (χ4n) is 2.76. The minimum absolute atomic E-state index is 0.0205. The summed E-state index contributed by atoms with van der Waals surface area (Å²) in [7, 11) is -1.49. The second-order valence-corrected chi connectivity index (χ2v) is 8.33. The quantitative estimate of drug-likeness (QED) is 0.755. The highest BCUT2D eigenvalue weighted by Gasteiger charge is 2.33. The standard InChI is InChI=1S/C17H24N2O5S/c1-3-24-17(21)19(11-14-7-5-4-6-8-14)12-16(20)18(2)15-9-10-25(22,23)13-15/h4-8,15H,3,9-13H2,1-2H3. The van der Waals surface area contributed by atoms with Crippen molar-refractivity contribution >= 4 is 21.8 Å². The minimum atomic E-state index is -3.08. The molecule has 1 aliphatic heterocycles. The van der Waals surface area contributed by atoms with Crippen molar-refractivity contribution < 1.29 is 22.7 Å². The maximum atomic E-state index is 12.5. The van der Waals surface area contributed by atoms with Crippen LogP contribution in [0.4, 0.5) is 4.79 Å². The zero-order chi connectivity index (χ0) is 18.4. The van der Waals surface area contributed by atoms with E-state index < -0.39 is 15.9 Å². The van der Waals surface area contributed by atoms with Crippen LogP contribution in [-0.4, -0.2) is 68.0 Å². The molecule has 1 atom stereocenters. The molecule has 1 heterocycles. The van der Waals surface area contributed by atoms with Crippen molar-refractivity contribution in [1.29, 1.82) is 0 Å². The molecule has 0 N–H and O–H groups in total. The van der Waals surface area contributed by atoms with Gasteiger partial charge in [-0.1, -0.05) is 30.3 Å². The summed E-state index contributed by atoms with van der Waals surface area (Å²) in [5.74, 6) is -0.222. The van der Waals surface area contributed by atoms with E-state index in [-0.39, 0.29) is 43.2 Å². The lowest BCUT2D eigenvalue weighted by Gasteiger charge is -2.27. The van der Waals surface area contributed by atoms with E-state index in [4.69, 9.17) is 4.74 Å². The lowest BCUT2D eigenvalue weighted by atomic mass is 10.2. The first kappa shape index (κ1) is 19.2. The topological polar surface area (TPSA) is 84.0 Å². The Morgan fingerprint density at radius 3 is 2.48 bits per heavy atom. The Balaban J connectivity index is 2.04. The Morgan fingerprint density at radius 2 is 1.92 bits per heavy atom. The summed E-state index contributed by atoms with van der Waals surface area (Å²) in [6.07, 6.45) is -0.130. The van der Waals surface area contributed by atoms with Crippen molar-refractivity contribution in [1.82, 2.24) is 9.80 Å². The second-order valence-electron chi connectivity index (χ2n) is 6.10. The molecular formula is C17H24N2O5S. The Hall–Kier alpha value is -2.09. The number of carbonyl (C=O) groups is 2. The summed E-state index contributed by atoms with van der Waals surface area (Å²) in [5.41, 5.74) is 0.884. The second kappa shape index (κ2) is 8.33. The zero-order valence-corrected chi connectivity index (χ0v) is 15.4. The Kier molecular flexibility index (Phi) is 6.41. The van der Waals surface area contributed by atoms with Gasteiger partial charge >= 0.3 is 6.09 Å². The summed E-state index contributed by atoms with van der Waals surface area (Å²) >= 11 is 0. The molecule has 1 aromatic rings. The average molecular weight is 368 g/mol. The van der Waals surface area contributed by atoms with Crippen LogP contribution in [0.2, 0.25) is 0 Å². The molecule has 8 heteroatoms. The molecule has 0 saturated carbocycles. The first-order valence-corrected chi connectivity index (χ1v) is 10.1. The molecule has 2 amide bonds. The number of hydrogen-bond donors (Lipinski definition) is 0. The van der Waals surface area contributed by atoms with Crippen LogP contribution in [0.5, 0.6) is 0 Å². The molecule has 7 nitrogen and oxygen atoms in total. The fourth-order valence-corrected chi connectivity index (χ4v) is 4.54. The van der Waals surface area contributed by atoms with E-state index in [1.165, 1.54) is 9.80 Å². The minimum Gasteiger partial charge on any atom is -0.450 e. The maximum absolute atomic E-state index is 12.5. The van der Waals surface area contributed by atoms with E-state index in [1.54, 1.807) is 14.0 Å². The number of sulfone groups is 1. The number of likely N-dealkylation sites (N-methyl/N-ethyl adjacent to an activating group) is 1. The molecule has 0 aromatic heterocycles. The van der Waals surface area contributed by atoms with Gasteiger partial charge in [-0.15, -0.1) is 0 Å². The van der Waals surface area contributed by atoms with Gasteiger partial charge in [-0.3, -0.25) is 9.69 Å². The van der Waals surface area contributed by atoms with Gasteiger partial charge < -0.3 is 9.64 Å². The molecule has 1 fully saturated rings. The third-order valence-corrected chi connectivity index (χ3v) is 5.97. The van der Waals surface area contributed by atoms with Gasteiger partial charge in [0.05, 0.1) is 18.1 Å². The Bertz CT molecular complexity index is 705. The lowest BCUT2D eigenvalue weighted by Crippen LogP contribution is -2.45. The number of carbonyl (C=O) groups excluding carboxylic acids is 2. The molecule has 0 spiro atoms. The Labute approximate surface area is 148 Å². The lowest BCUT2D eigenvalue weighted by molar-refractivity contribution is -0.132. The highest BCUT2D eigenvalue weighted by molar-refractivity contribution is 7.91. The molecule has 1 aromatic carbocycles. The number of amides is 2. The van der Waals surface area contributed by atoms with Gasteiger partial charge in [0.2, 0.25) is 5.91 Å². The molecule has 0 aliphatic carbocycles. The van der Waals surface area contributed by atoms with Crippen molar-refractivity contribution in [2.45, 2.75) is 25.9 Å². The molecule has 25 heavy (non-hydrogen) atoms. The maximum Gasteiger partial charge on any atom is 0.410 e. The van der Waals surface area contributed by atoms with Crippen LogP contribution in [0.25, 0.3) is 0 Å². The molecule has 0 bridgehead atoms.